The number of piperazine rings is 1. The molecule has 0 bridgehead atoms. The molecule has 3 rings (SSSR count). The summed E-state index contributed by atoms with van der Waals surface area (Å²) in [5.41, 5.74) is 2.37. The number of nitrogens with one attached hydrogen (secondary N) is 1. The zero-order valence-corrected chi connectivity index (χ0v) is 14.2. The van der Waals surface area contributed by atoms with Crippen molar-refractivity contribution in [1.29, 1.82) is 0 Å². The van der Waals surface area contributed by atoms with Crippen LogP contribution in [0.25, 0.3) is 10.6 Å². The van der Waals surface area contributed by atoms with Gasteiger partial charge in [0.25, 0.3) is 0 Å². The molecule has 1 N–H and O–H groups in total. The molecule has 0 aliphatic carbocycles. The molecule has 2 aromatic rings. The van der Waals surface area contributed by atoms with Crippen LogP contribution in [-0.4, -0.2) is 36.1 Å². The van der Waals surface area contributed by atoms with E-state index >= 15 is 0 Å². The van der Waals surface area contributed by atoms with Gasteiger partial charge < -0.3 is 5.32 Å². The molecule has 3 nitrogen and oxygen atoms in total. The first kappa shape index (κ1) is 15.9. The predicted molar refractivity (Wildman–Crippen MR) is 90.6 cm³/mol. The van der Waals surface area contributed by atoms with Crippen molar-refractivity contribution in [2.45, 2.75) is 6.54 Å². The first-order chi connectivity index (χ1) is 9.31. The summed E-state index contributed by atoms with van der Waals surface area (Å²) in [6.45, 7) is 5.37. The van der Waals surface area contributed by atoms with Crippen LogP contribution in [0.4, 0.5) is 0 Å². The minimum atomic E-state index is 0. The van der Waals surface area contributed by atoms with E-state index < -0.39 is 0 Å². The lowest BCUT2D eigenvalue weighted by Crippen LogP contribution is -2.42. The molecular formula is C14H17BrClN3S. The van der Waals surface area contributed by atoms with E-state index in [1.54, 1.807) is 11.3 Å². The number of nitrogens with zero attached hydrogens (tertiary/aromatic N) is 2. The normalized spacial score (nSPS) is 15.8. The van der Waals surface area contributed by atoms with Gasteiger partial charge in [0, 0.05) is 48.1 Å². The average Bonchev–Trinajstić information content (AvgIpc) is 2.88. The third-order valence-corrected chi connectivity index (χ3v) is 4.65. The van der Waals surface area contributed by atoms with Crippen LogP contribution in [-0.2, 0) is 6.54 Å². The summed E-state index contributed by atoms with van der Waals surface area (Å²) < 4.78 is 1.10. The van der Waals surface area contributed by atoms with Crippen molar-refractivity contribution < 1.29 is 0 Å². The molecular weight excluding hydrogens is 358 g/mol. The van der Waals surface area contributed by atoms with Crippen LogP contribution in [0, 0.1) is 0 Å². The van der Waals surface area contributed by atoms with E-state index in [0.29, 0.717) is 0 Å². The van der Waals surface area contributed by atoms with Gasteiger partial charge in [-0.2, -0.15) is 0 Å². The third kappa shape index (κ3) is 4.02. The number of aromatic nitrogens is 1. The molecule has 6 heteroatoms. The SMILES string of the molecule is Brc1cccc(-c2nc(CN3CCNCC3)cs2)c1.Cl. The highest BCUT2D eigenvalue weighted by molar-refractivity contribution is 9.10. The molecule has 0 amide bonds. The van der Waals surface area contributed by atoms with Gasteiger partial charge >= 0.3 is 0 Å². The zero-order valence-electron chi connectivity index (χ0n) is 11.0. The molecule has 1 saturated heterocycles. The smallest absolute Gasteiger partial charge is 0.123 e. The highest BCUT2D eigenvalue weighted by atomic mass is 79.9. The maximum atomic E-state index is 4.75. The van der Waals surface area contributed by atoms with Crippen LogP contribution in [0.3, 0.4) is 0 Å². The van der Waals surface area contributed by atoms with Gasteiger partial charge in [-0.3, -0.25) is 4.90 Å². The van der Waals surface area contributed by atoms with E-state index in [0.717, 1.165) is 42.2 Å². The Kier molecular flexibility index (Phi) is 5.99. The molecule has 1 aromatic carbocycles. The monoisotopic (exact) mass is 373 g/mol. The summed E-state index contributed by atoms with van der Waals surface area (Å²) in [7, 11) is 0. The Morgan fingerprint density at radius 2 is 2.10 bits per heavy atom. The minimum absolute atomic E-state index is 0. The Morgan fingerprint density at radius 3 is 2.85 bits per heavy atom. The van der Waals surface area contributed by atoms with Crippen LogP contribution >= 0.6 is 39.7 Å². The first-order valence-corrected chi connectivity index (χ1v) is 8.12. The lowest BCUT2D eigenvalue weighted by Gasteiger charge is -2.26. The molecule has 1 fully saturated rings. The lowest BCUT2D eigenvalue weighted by molar-refractivity contribution is 0.231. The van der Waals surface area contributed by atoms with Crippen LogP contribution in [0.15, 0.2) is 34.1 Å². The fourth-order valence-corrected chi connectivity index (χ4v) is 3.44. The van der Waals surface area contributed by atoms with Gasteiger partial charge in [0.05, 0.1) is 5.69 Å². The third-order valence-electron chi connectivity index (χ3n) is 3.22. The van der Waals surface area contributed by atoms with Crippen molar-refractivity contribution in [3.8, 4) is 10.6 Å². The van der Waals surface area contributed by atoms with Crippen molar-refractivity contribution in [2.75, 3.05) is 26.2 Å². The Morgan fingerprint density at radius 1 is 1.30 bits per heavy atom. The fraction of sp³-hybridized carbons (Fsp3) is 0.357. The maximum Gasteiger partial charge on any atom is 0.123 e. The van der Waals surface area contributed by atoms with Crippen LogP contribution in [0.2, 0.25) is 0 Å². The molecule has 2 heterocycles. The van der Waals surface area contributed by atoms with Crippen molar-refractivity contribution in [1.82, 2.24) is 15.2 Å². The number of thiazole rings is 1. The summed E-state index contributed by atoms with van der Waals surface area (Å²) in [5, 5.41) is 6.66. The second-order valence-corrected chi connectivity index (χ2v) is 6.45. The number of hydrogen-bond donors (Lipinski definition) is 1. The Hall–Kier alpha value is -0.460. The second-order valence-electron chi connectivity index (χ2n) is 4.68. The summed E-state index contributed by atoms with van der Waals surface area (Å²) in [4.78, 5) is 7.21. The molecule has 108 valence electrons. The van der Waals surface area contributed by atoms with Crippen molar-refractivity contribution >= 4 is 39.7 Å². The summed E-state index contributed by atoms with van der Waals surface area (Å²) in [6.07, 6.45) is 0. The first-order valence-electron chi connectivity index (χ1n) is 6.45. The van der Waals surface area contributed by atoms with E-state index in [2.05, 4.69) is 49.7 Å². The van der Waals surface area contributed by atoms with Crippen molar-refractivity contribution in [3.63, 3.8) is 0 Å². The minimum Gasteiger partial charge on any atom is -0.314 e. The van der Waals surface area contributed by atoms with Crippen LogP contribution in [0.1, 0.15) is 5.69 Å². The molecule has 1 aromatic heterocycles. The quantitative estimate of drug-likeness (QED) is 0.892. The standard InChI is InChI=1S/C14H16BrN3S.ClH/c15-12-3-1-2-11(8-12)14-17-13(10-19-14)9-18-6-4-16-5-7-18;/h1-3,8,10,16H,4-7,9H2;1H. The van der Waals surface area contributed by atoms with Gasteiger partial charge in [-0.05, 0) is 12.1 Å². The molecule has 20 heavy (non-hydrogen) atoms. The molecule has 0 spiro atoms. The van der Waals surface area contributed by atoms with Crippen LogP contribution in [0.5, 0.6) is 0 Å². The largest absolute Gasteiger partial charge is 0.314 e. The highest BCUT2D eigenvalue weighted by Gasteiger charge is 2.12. The van der Waals surface area contributed by atoms with Crippen molar-refractivity contribution in [3.05, 3.63) is 39.8 Å². The molecule has 0 unspecified atom stereocenters. The Labute approximate surface area is 137 Å². The van der Waals surface area contributed by atoms with E-state index in [1.165, 1.54) is 11.3 Å². The molecule has 0 atom stereocenters. The van der Waals surface area contributed by atoms with E-state index in [1.807, 2.05) is 6.07 Å². The summed E-state index contributed by atoms with van der Waals surface area (Å²) in [6, 6.07) is 8.32. The number of hydrogen-bond acceptors (Lipinski definition) is 4. The topological polar surface area (TPSA) is 28.2 Å². The number of rotatable bonds is 3. The maximum absolute atomic E-state index is 4.75. The number of benzene rings is 1. The summed E-state index contributed by atoms with van der Waals surface area (Å²) >= 11 is 5.23. The highest BCUT2D eigenvalue weighted by Crippen LogP contribution is 2.26. The van der Waals surface area contributed by atoms with E-state index in [-0.39, 0.29) is 12.4 Å². The lowest BCUT2D eigenvalue weighted by atomic mass is 10.2. The molecule has 0 radical (unpaired) electrons. The van der Waals surface area contributed by atoms with Gasteiger partial charge in [0.1, 0.15) is 5.01 Å². The Balaban J connectivity index is 0.00000147. The second kappa shape index (κ2) is 7.52. The fourth-order valence-electron chi connectivity index (χ4n) is 2.23. The van der Waals surface area contributed by atoms with Gasteiger partial charge in [0.15, 0.2) is 0 Å². The zero-order chi connectivity index (χ0) is 13.1. The van der Waals surface area contributed by atoms with E-state index in [9.17, 15) is 0 Å². The average molecular weight is 375 g/mol. The number of halogens is 2. The van der Waals surface area contributed by atoms with E-state index in [4.69, 9.17) is 4.98 Å². The molecule has 1 aliphatic rings. The van der Waals surface area contributed by atoms with Crippen LogP contribution < -0.4 is 5.32 Å². The van der Waals surface area contributed by atoms with Gasteiger partial charge in [-0.1, -0.05) is 28.1 Å². The molecule has 0 saturated carbocycles. The van der Waals surface area contributed by atoms with Crippen molar-refractivity contribution in [2.24, 2.45) is 0 Å². The van der Waals surface area contributed by atoms with Gasteiger partial charge in [-0.25, -0.2) is 4.98 Å². The van der Waals surface area contributed by atoms with Gasteiger partial charge in [-0.15, -0.1) is 23.7 Å². The predicted octanol–water partition coefficient (Wildman–Crippen LogP) is 3.40. The Bertz CT molecular complexity index is 555. The van der Waals surface area contributed by atoms with Gasteiger partial charge in [0.2, 0.25) is 0 Å². The summed E-state index contributed by atoms with van der Waals surface area (Å²) in [5.74, 6) is 0. The molecule has 1 aliphatic heterocycles.